The van der Waals surface area contributed by atoms with Crippen LogP contribution in [0.25, 0.3) is 10.2 Å². The fourth-order valence-electron chi connectivity index (χ4n) is 3.61. The maximum atomic E-state index is 13.0. The minimum atomic E-state index is -0.388. The molecule has 0 radical (unpaired) electrons. The van der Waals surface area contributed by atoms with E-state index < -0.39 is 0 Å². The summed E-state index contributed by atoms with van der Waals surface area (Å²) < 4.78 is 1.75. The van der Waals surface area contributed by atoms with Crippen molar-refractivity contribution in [3.63, 3.8) is 0 Å². The summed E-state index contributed by atoms with van der Waals surface area (Å²) in [6.45, 7) is 2.24. The molecule has 2 N–H and O–H groups in total. The number of rotatable bonds is 4. The van der Waals surface area contributed by atoms with Crippen LogP contribution in [0.3, 0.4) is 0 Å². The normalized spacial score (nSPS) is 13.5. The van der Waals surface area contributed by atoms with E-state index in [0.29, 0.717) is 37.9 Å². The van der Waals surface area contributed by atoms with Gasteiger partial charge in [-0.15, -0.1) is 11.3 Å². The first-order valence-corrected chi connectivity index (χ1v) is 11.0. The lowest BCUT2D eigenvalue weighted by atomic mass is 10.2. The maximum Gasteiger partial charge on any atom is 0.262 e. The van der Waals surface area contributed by atoms with Crippen LogP contribution in [0.5, 0.6) is 0 Å². The average Bonchev–Trinajstić information content (AvgIpc) is 2.89. The molecule has 3 aromatic rings. The lowest BCUT2D eigenvalue weighted by Crippen LogP contribution is -2.32. The number of carbonyl (C=O) groups excluding carboxylic acids is 2. The van der Waals surface area contributed by atoms with E-state index in [1.807, 2.05) is 0 Å². The largest absolute Gasteiger partial charge is 0.342 e. The summed E-state index contributed by atoms with van der Waals surface area (Å²) in [5.41, 5.74) is 1.13. The summed E-state index contributed by atoms with van der Waals surface area (Å²) in [4.78, 5) is 43.5. The standard InChI is InChI=1S/C21H21ClN4O3S/c1-12-17-20(25-15-5-3-2-4-10-26(15)21(17)29)30-18(12)19(28)23-11-16(27)24-14-8-6-13(22)7-9-14/h6-9H,2-5,10-11H2,1H3,(H,23,28)(H,24,27). The zero-order valence-corrected chi connectivity index (χ0v) is 18.0. The number of carbonyl (C=O) groups is 2. The van der Waals surface area contributed by atoms with Crippen molar-refractivity contribution in [3.05, 3.63) is 55.9 Å². The first-order chi connectivity index (χ1) is 14.4. The Balaban J connectivity index is 1.51. The summed E-state index contributed by atoms with van der Waals surface area (Å²) in [5.74, 6) is 0.0521. The van der Waals surface area contributed by atoms with Gasteiger partial charge in [0.25, 0.3) is 11.5 Å². The topological polar surface area (TPSA) is 93.1 Å². The molecule has 0 atom stereocenters. The van der Waals surface area contributed by atoms with Crippen LogP contribution in [0, 0.1) is 6.92 Å². The highest BCUT2D eigenvalue weighted by atomic mass is 35.5. The highest BCUT2D eigenvalue weighted by Gasteiger charge is 2.22. The Labute approximate surface area is 182 Å². The lowest BCUT2D eigenvalue weighted by Gasteiger charge is -2.08. The summed E-state index contributed by atoms with van der Waals surface area (Å²) in [6.07, 6.45) is 3.83. The number of aryl methyl sites for hydroxylation is 2. The smallest absolute Gasteiger partial charge is 0.262 e. The molecule has 1 aliphatic heterocycles. The van der Waals surface area contributed by atoms with Crippen molar-refractivity contribution in [2.45, 2.75) is 39.2 Å². The number of fused-ring (bicyclic) bond motifs is 2. The van der Waals surface area contributed by atoms with E-state index in [2.05, 4.69) is 15.6 Å². The van der Waals surface area contributed by atoms with Gasteiger partial charge in [-0.3, -0.25) is 19.0 Å². The molecule has 7 nitrogen and oxygen atoms in total. The number of thiophene rings is 1. The van der Waals surface area contributed by atoms with Crippen molar-refractivity contribution in [3.8, 4) is 0 Å². The number of amides is 2. The highest BCUT2D eigenvalue weighted by Crippen LogP contribution is 2.28. The second-order valence-corrected chi connectivity index (χ2v) is 8.71. The zero-order valence-electron chi connectivity index (χ0n) is 16.5. The molecule has 1 aliphatic rings. The van der Waals surface area contributed by atoms with E-state index in [1.54, 1.807) is 35.8 Å². The number of anilines is 1. The van der Waals surface area contributed by atoms with Crippen LogP contribution in [0.4, 0.5) is 5.69 Å². The fraction of sp³-hybridized carbons (Fsp3) is 0.333. The molecule has 3 heterocycles. The molecule has 2 aromatic heterocycles. The van der Waals surface area contributed by atoms with Gasteiger partial charge in [0.05, 0.1) is 16.8 Å². The van der Waals surface area contributed by atoms with Crippen molar-refractivity contribution in [1.29, 1.82) is 0 Å². The molecule has 0 fully saturated rings. The number of halogens is 1. The van der Waals surface area contributed by atoms with Crippen molar-refractivity contribution < 1.29 is 9.59 Å². The van der Waals surface area contributed by atoms with Crippen molar-refractivity contribution in [2.75, 3.05) is 11.9 Å². The SMILES string of the molecule is Cc1c(C(=O)NCC(=O)Nc2ccc(Cl)cc2)sc2nc3n(c(=O)c12)CCCCC3. The van der Waals surface area contributed by atoms with Gasteiger partial charge in [-0.2, -0.15) is 0 Å². The number of hydrogen-bond acceptors (Lipinski definition) is 5. The Morgan fingerprint density at radius 3 is 2.73 bits per heavy atom. The maximum absolute atomic E-state index is 13.0. The van der Waals surface area contributed by atoms with Crippen molar-refractivity contribution >= 4 is 50.7 Å². The lowest BCUT2D eigenvalue weighted by molar-refractivity contribution is -0.115. The molecular weight excluding hydrogens is 424 g/mol. The van der Waals surface area contributed by atoms with Crippen LogP contribution in [0.2, 0.25) is 5.02 Å². The van der Waals surface area contributed by atoms with Gasteiger partial charge >= 0.3 is 0 Å². The van der Waals surface area contributed by atoms with Crippen LogP contribution >= 0.6 is 22.9 Å². The molecule has 1 aromatic carbocycles. The van der Waals surface area contributed by atoms with Crippen LogP contribution in [-0.4, -0.2) is 27.9 Å². The molecule has 30 heavy (non-hydrogen) atoms. The van der Waals surface area contributed by atoms with Gasteiger partial charge in [0.1, 0.15) is 10.7 Å². The number of aromatic nitrogens is 2. The van der Waals surface area contributed by atoms with Crippen LogP contribution in [0.15, 0.2) is 29.1 Å². The van der Waals surface area contributed by atoms with E-state index in [4.69, 9.17) is 11.6 Å². The third-order valence-electron chi connectivity index (χ3n) is 5.16. The minimum absolute atomic E-state index is 0.0785. The predicted molar refractivity (Wildman–Crippen MR) is 119 cm³/mol. The van der Waals surface area contributed by atoms with E-state index >= 15 is 0 Å². The molecule has 0 spiro atoms. The third kappa shape index (κ3) is 4.11. The number of hydrogen-bond donors (Lipinski definition) is 2. The van der Waals surface area contributed by atoms with Gasteiger partial charge in [0, 0.05) is 23.7 Å². The number of benzene rings is 1. The van der Waals surface area contributed by atoms with Crippen LogP contribution in [-0.2, 0) is 17.8 Å². The molecular formula is C21H21ClN4O3S. The monoisotopic (exact) mass is 444 g/mol. The quantitative estimate of drug-likeness (QED) is 0.643. The van der Waals surface area contributed by atoms with E-state index in [9.17, 15) is 14.4 Å². The van der Waals surface area contributed by atoms with Gasteiger partial charge in [0.15, 0.2) is 0 Å². The van der Waals surface area contributed by atoms with Crippen LogP contribution in [0.1, 0.15) is 40.3 Å². The summed E-state index contributed by atoms with van der Waals surface area (Å²) in [5, 5.41) is 6.40. The Hall–Kier alpha value is -2.71. The van der Waals surface area contributed by atoms with E-state index in [1.165, 1.54) is 11.3 Å². The van der Waals surface area contributed by atoms with Gasteiger partial charge in [-0.05, 0) is 49.6 Å². The molecule has 9 heteroatoms. The molecule has 0 aliphatic carbocycles. The first kappa shape index (κ1) is 20.6. The minimum Gasteiger partial charge on any atom is -0.342 e. The average molecular weight is 445 g/mol. The van der Waals surface area contributed by atoms with Gasteiger partial charge in [0.2, 0.25) is 5.91 Å². The van der Waals surface area contributed by atoms with E-state index in [-0.39, 0.29) is 23.9 Å². The molecule has 0 bridgehead atoms. The van der Waals surface area contributed by atoms with Crippen molar-refractivity contribution in [2.24, 2.45) is 0 Å². The second-order valence-electron chi connectivity index (χ2n) is 7.27. The molecule has 156 valence electrons. The van der Waals surface area contributed by atoms with Crippen LogP contribution < -0.4 is 16.2 Å². The fourth-order valence-corrected chi connectivity index (χ4v) is 4.84. The Morgan fingerprint density at radius 1 is 1.20 bits per heavy atom. The predicted octanol–water partition coefficient (Wildman–Crippen LogP) is 3.51. The molecule has 0 unspecified atom stereocenters. The van der Waals surface area contributed by atoms with Gasteiger partial charge in [-0.1, -0.05) is 18.0 Å². The Bertz CT molecular complexity index is 1180. The first-order valence-electron chi connectivity index (χ1n) is 9.80. The highest BCUT2D eigenvalue weighted by molar-refractivity contribution is 7.20. The zero-order chi connectivity index (χ0) is 21.3. The third-order valence-corrected chi connectivity index (χ3v) is 6.59. The molecule has 2 amide bonds. The molecule has 0 saturated heterocycles. The van der Waals surface area contributed by atoms with Gasteiger partial charge < -0.3 is 10.6 Å². The van der Waals surface area contributed by atoms with E-state index in [0.717, 1.165) is 31.5 Å². The number of nitrogens with zero attached hydrogens (tertiary/aromatic N) is 2. The number of nitrogens with one attached hydrogen (secondary N) is 2. The molecule has 0 saturated carbocycles. The van der Waals surface area contributed by atoms with Gasteiger partial charge in [-0.25, -0.2) is 4.98 Å². The summed E-state index contributed by atoms with van der Waals surface area (Å²) in [7, 11) is 0. The Morgan fingerprint density at radius 2 is 1.97 bits per heavy atom. The summed E-state index contributed by atoms with van der Waals surface area (Å²) >= 11 is 7.03. The van der Waals surface area contributed by atoms with Crippen molar-refractivity contribution in [1.82, 2.24) is 14.9 Å². The summed E-state index contributed by atoms with van der Waals surface area (Å²) in [6, 6.07) is 6.70. The second kappa shape index (κ2) is 8.57. The Kier molecular flexibility index (Phi) is 5.87. The molecule has 4 rings (SSSR count).